The van der Waals surface area contributed by atoms with Crippen molar-refractivity contribution in [3.05, 3.63) is 17.8 Å². The van der Waals surface area contributed by atoms with E-state index in [0.717, 1.165) is 38.2 Å². The molecule has 0 saturated heterocycles. The zero-order chi connectivity index (χ0) is 15.0. The number of anilines is 1. The van der Waals surface area contributed by atoms with E-state index in [9.17, 15) is 4.79 Å². The van der Waals surface area contributed by atoms with Crippen LogP contribution in [-0.2, 0) is 0 Å². The van der Waals surface area contributed by atoms with E-state index >= 15 is 0 Å². The molecule has 5 nitrogen and oxygen atoms in total. The van der Waals surface area contributed by atoms with Gasteiger partial charge < -0.3 is 10.2 Å². The van der Waals surface area contributed by atoms with Gasteiger partial charge in [0.15, 0.2) is 11.5 Å². The third kappa shape index (κ3) is 4.79. The summed E-state index contributed by atoms with van der Waals surface area (Å²) in [5.41, 5.74) is 0.377. The SMILES string of the molecule is CCCN(CCC)c1ccc(C(=O)NC(C)CC)nn1. The Balaban J connectivity index is 2.73. The third-order valence-electron chi connectivity index (χ3n) is 3.18. The van der Waals surface area contributed by atoms with Crippen molar-refractivity contribution in [3.8, 4) is 0 Å². The average Bonchev–Trinajstić information content (AvgIpc) is 2.47. The normalized spacial score (nSPS) is 12.0. The van der Waals surface area contributed by atoms with Crippen LogP contribution < -0.4 is 10.2 Å². The van der Waals surface area contributed by atoms with Crippen molar-refractivity contribution in [2.24, 2.45) is 0 Å². The van der Waals surface area contributed by atoms with E-state index in [0.29, 0.717) is 5.69 Å². The lowest BCUT2D eigenvalue weighted by Crippen LogP contribution is -2.33. The van der Waals surface area contributed by atoms with Gasteiger partial charge in [-0.1, -0.05) is 20.8 Å². The number of carbonyl (C=O) groups excluding carboxylic acids is 1. The van der Waals surface area contributed by atoms with Gasteiger partial charge in [0.05, 0.1) is 0 Å². The van der Waals surface area contributed by atoms with Crippen molar-refractivity contribution >= 4 is 11.7 Å². The molecule has 1 amide bonds. The summed E-state index contributed by atoms with van der Waals surface area (Å²) in [7, 11) is 0. The van der Waals surface area contributed by atoms with Crippen LogP contribution in [0.3, 0.4) is 0 Å². The van der Waals surface area contributed by atoms with Gasteiger partial charge in [-0.25, -0.2) is 0 Å². The van der Waals surface area contributed by atoms with Crippen molar-refractivity contribution in [1.29, 1.82) is 0 Å². The number of hydrogen-bond acceptors (Lipinski definition) is 4. The summed E-state index contributed by atoms with van der Waals surface area (Å²) in [5, 5.41) is 11.1. The van der Waals surface area contributed by atoms with Crippen LogP contribution >= 0.6 is 0 Å². The second kappa shape index (κ2) is 8.51. The Labute approximate surface area is 121 Å². The van der Waals surface area contributed by atoms with Gasteiger partial charge in [0, 0.05) is 19.1 Å². The molecule has 1 atom stereocenters. The van der Waals surface area contributed by atoms with Gasteiger partial charge in [0.25, 0.3) is 5.91 Å². The average molecular weight is 278 g/mol. The smallest absolute Gasteiger partial charge is 0.272 e. The van der Waals surface area contributed by atoms with Crippen LogP contribution in [0, 0.1) is 0 Å². The maximum Gasteiger partial charge on any atom is 0.272 e. The zero-order valence-corrected chi connectivity index (χ0v) is 13.0. The van der Waals surface area contributed by atoms with Crippen molar-refractivity contribution in [1.82, 2.24) is 15.5 Å². The first-order valence-electron chi connectivity index (χ1n) is 7.51. The molecule has 0 aliphatic rings. The monoisotopic (exact) mass is 278 g/mol. The molecule has 0 spiro atoms. The molecule has 112 valence electrons. The predicted octanol–water partition coefficient (Wildman–Crippen LogP) is 2.63. The van der Waals surface area contributed by atoms with Gasteiger partial charge in [-0.2, -0.15) is 0 Å². The maximum absolute atomic E-state index is 11.9. The number of nitrogens with one attached hydrogen (secondary N) is 1. The molecule has 1 aromatic heterocycles. The van der Waals surface area contributed by atoms with Gasteiger partial charge in [0.1, 0.15) is 0 Å². The van der Waals surface area contributed by atoms with E-state index in [2.05, 4.69) is 34.3 Å². The molecule has 1 heterocycles. The largest absolute Gasteiger partial charge is 0.355 e. The van der Waals surface area contributed by atoms with E-state index in [4.69, 9.17) is 0 Å². The van der Waals surface area contributed by atoms with E-state index in [1.54, 1.807) is 6.07 Å². The minimum Gasteiger partial charge on any atom is -0.355 e. The van der Waals surface area contributed by atoms with Crippen LogP contribution in [0.15, 0.2) is 12.1 Å². The molecular weight excluding hydrogens is 252 g/mol. The first-order chi connectivity index (χ1) is 9.62. The minimum atomic E-state index is -0.157. The maximum atomic E-state index is 11.9. The third-order valence-corrected chi connectivity index (χ3v) is 3.18. The zero-order valence-electron chi connectivity index (χ0n) is 13.0. The number of amides is 1. The van der Waals surface area contributed by atoms with Crippen molar-refractivity contribution in [2.45, 2.75) is 53.0 Å². The summed E-state index contributed by atoms with van der Waals surface area (Å²) in [6.45, 7) is 10.2. The Morgan fingerprint density at radius 1 is 1.20 bits per heavy atom. The highest BCUT2D eigenvalue weighted by Crippen LogP contribution is 2.11. The summed E-state index contributed by atoms with van der Waals surface area (Å²) >= 11 is 0. The molecule has 0 bridgehead atoms. The highest BCUT2D eigenvalue weighted by atomic mass is 16.2. The van der Waals surface area contributed by atoms with Crippen molar-refractivity contribution in [3.63, 3.8) is 0 Å². The van der Waals surface area contributed by atoms with Gasteiger partial charge in [-0.15, -0.1) is 10.2 Å². The highest BCUT2D eigenvalue weighted by Gasteiger charge is 2.12. The number of rotatable bonds is 8. The molecule has 1 unspecified atom stereocenters. The minimum absolute atomic E-state index is 0.153. The highest BCUT2D eigenvalue weighted by molar-refractivity contribution is 5.92. The van der Waals surface area contributed by atoms with Crippen LogP contribution in [0.25, 0.3) is 0 Å². The fourth-order valence-electron chi connectivity index (χ4n) is 1.90. The summed E-state index contributed by atoms with van der Waals surface area (Å²) < 4.78 is 0. The molecule has 0 saturated carbocycles. The first kappa shape index (κ1) is 16.4. The number of carbonyl (C=O) groups is 1. The van der Waals surface area contributed by atoms with Crippen molar-refractivity contribution in [2.75, 3.05) is 18.0 Å². The van der Waals surface area contributed by atoms with E-state index in [-0.39, 0.29) is 11.9 Å². The molecule has 20 heavy (non-hydrogen) atoms. The van der Waals surface area contributed by atoms with Crippen molar-refractivity contribution < 1.29 is 4.79 Å². The molecule has 1 rings (SSSR count). The molecule has 0 aliphatic carbocycles. The van der Waals surface area contributed by atoms with Gasteiger partial charge in [0.2, 0.25) is 0 Å². The summed E-state index contributed by atoms with van der Waals surface area (Å²) in [4.78, 5) is 14.1. The van der Waals surface area contributed by atoms with Crippen LogP contribution in [0.5, 0.6) is 0 Å². The second-order valence-electron chi connectivity index (χ2n) is 5.05. The lowest BCUT2D eigenvalue weighted by atomic mass is 10.2. The Hall–Kier alpha value is -1.65. The van der Waals surface area contributed by atoms with Crippen LogP contribution in [0.2, 0.25) is 0 Å². The molecule has 0 fully saturated rings. The number of nitrogens with zero attached hydrogens (tertiary/aromatic N) is 3. The first-order valence-corrected chi connectivity index (χ1v) is 7.51. The molecule has 1 aromatic rings. The van der Waals surface area contributed by atoms with Crippen LogP contribution in [-0.4, -0.2) is 35.2 Å². The van der Waals surface area contributed by atoms with E-state index in [1.807, 2.05) is 19.9 Å². The molecule has 5 heteroatoms. The lowest BCUT2D eigenvalue weighted by molar-refractivity contribution is 0.0933. The van der Waals surface area contributed by atoms with E-state index < -0.39 is 0 Å². The molecule has 0 aromatic carbocycles. The van der Waals surface area contributed by atoms with Crippen LogP contribution in [0.4, 0.5) is 5.82 Å². The lowest BCUT2D eigenvalue weighted by Gasteiger charge is -2.21. The fourth-order valence-corrected chi connectivity index (χ4v) is 1.90. The summed E-state index contributed by atoms with van der Waals surface area (Å²) in [6, 6.07) is 3.78. The second-order valence-corrected chi connectivity index (χ2v) is 5.05. The van der Waals surface area contributed by atoms with Crippen LogP contribution in [0.1, 0.15) is 57.4 Å². The van der Waals surface area contributed by atoms with Gasteiger partial charge >= 0.3 is 0 Å². The molecule has 0 radical (unpaired) electrons. The van der Waals surface area contributed by atoms with Gasteiger partial charge in [-0.05, 0) is 38.3 Å². The fraction of sp³-hybridized carbons (Fsp3) is 0.667. The predicted molar refractivity (Wildman–Crippen MR) is 82.0 cm³/mol. The summed E-state index contributed by atoms with van der Waals surface area (Å²) in [5.74, 6) is 0.685. The summed E-state index contributed by atoms with van der Waals surface area (Å²) in [6.07, 6.45) is 3.04. The van der Waals surface area contributed by atoms with Gasteiger partial charge in [-0.3, -0.25) is 4.79 Å². The number of hydrogen-bond donors (Lipinski definition) is 1. The Morgan fingerprint density at radius 3 is 2.30 bits per heavy atom. The quantitative estimate of drug-likeness (QED) is 0.794. The topological polar surface area (TPSA) is 58.1 Å². The Kier molecular flexibility index (Phi) is 6.98. The standard InChI is InChI=1S/C15H26N4O/c1-5-10-19(11-6-2)14-9-8-13(17-18-14)15(20)16-12(4)7-3/h8-9,12H,5-7,10-11H2,1-4H3,(H,16,20). The van der Waals surface area contributed by atoms with E-state index in [1.165, 1.54) is 0 Å². The molecular formula is C15H26N4O. The Morgan fingerprint density at radius 2 is 1.85 bits per heavy atom. The Bertz CT molecular complexity index is 399. The number of aromatic nitrogens is 2. The molecule has 1 N–H and O–H groups in total. The molecule has 0 aliphatic heterocycles.